The van der Waals surface area contributed by atoms with E-state index in [2.05, 4.69) is 25.3 Å². The quantitative estimate of drug-likeness (QED) is 0.389. The zero-order valence-corrected chi connectivity index (χ0v) is 21.8. The molecular formula is C27H32N6O5. The van der Waals surface area contributed by atoms with E-state index in [1.807, 2.05) is 39.0 Å². The zero-order valence-electron chi connectivity index (χ0n) is 21.8. The second kappa shape index (κ2) is 9.46. The Hall–Kier alpha value is -3.86. The van der Waals surface area contributed by atoms with E-state index in [4.69, 9.17) is 13.9 Å². The molecule has 0 unspecified atom stereocenters. The van der Waals surface area contributed by atoms with Crippen LogP contribution in [0.5, 0.6) is 5.88 Å². The number of aliphatic hydroxyl groups excluding tert-OH is 1. The lowest BCUT2D eigenvalue weighted by Crippen LogP contribution is -2.50. The first-order valence-electron chi connectivity index (χ1n) is 13.0. The summed E-state index contributed by atoms with van der Waals surface area (Å²) >= 11 is 0. The Kier molecular flexibility index (Phi) is 6.10. The first-order chi connectivity index (χ1) is 18.3. The summed E-state index contributed by atoms with van der Waals surface area (Å²) in [5.74, 6) is 1.91. The number of anilines is 1. The minimum absolute atomic E-state index is 0.0155. The summed E-state index contributed by atoms with van der Waals surface area (Å²) in [7, 11) is 0. The summed E-state index contributed by atoms with van der Waals surface area (Å²) in [5, 5.41) is 18.2. The Labute approximate surface area is 219 Å². The van der Waals surface area contributed by atoms with Crippen LogP contribution < -0.4 is 15.0 Å². The van der Waals surface area contributed by atoms with Crippen molar-refractivity contribution in [1.29, 1.82) is 0 Å². The van der Waals surface area contributed by atoms with E-state index in [1.165, 1.54) is 0 Å². The third-order valence-corrected chi connectivity index (χ3v) is 6.98. The number of imidazole rings is 1. The van der Waals surface area contributed by atoms with Crippen molar-refractivity contribution in [3.8, 4) is 17.3 Å². The van der Waals surface area contributed by atoms with Gasteiger partial charge in [-0.1, -0.05) is 0 Å². The lowest BCUT2D eigenvalue weighted by Gasteiger charge is -2.35. The van der Waals surface area contributed by atoms with Crippen LogP contribution in [0.15, 0.2) is 41.1 Å². The number of furan rings is 1. The molecule has 2 fully saturated rings. The summed E-state index contributed by atoms with van der Waals surface area (Å²) in [6.07, 6.45) is 6.33. The molecule has 2 N–H and O–H groups in total. The number of nitrogens with zero attached hydrogens (tertiary/aromatic N) is 5. The molecule has 11 heteroatoms. The Morgan fingerprint density at radius 2 is 2.08 bits per heavy atom. The average molecular weight is 521 g/mol. The number of aliphatic hydroxyl groups is 1. The van der Waals surface area contributed by atoms with Crippen molar-refractivity contribution >= 4 is 28.5 Å². The number of carbonyl (C=O) groups is 1. The SMILES string of the molecule is CC(C)(C)OC(=O)N[C@H]1C[C@H](Oc2ccc3ncc(-c4cc5c(N6CCC[C@@H]6CO)nccc5o4)n3n2)C1. The topological polar surface area (TPSA) is 127 Å². The van der Waals surface area contributed by atoms with Crippen molar-refractivity contribution in [3.63, 3.8) is 0 Å². The van der Waals surface area contributed by atoms with Crippen molar-refractivity contribution in [3.05, 3.63) is 36.7 Å². The molecule has 1 saturated heterocycles. The summed E-state index contributed by atoms with van der Waals surface area (Å²) in [4.78, 5) is 23.2. The van der Waals surface area contributed by atoms with E-state index in [-0.39, 0.29) is 24.8 Å². The van der Waals surface area contributed by atoms with E-state index in [1.54, 1.807) is 23.0 Å². The predicted molar refractivity (Wildman–Crippen MR) is 140 cm³/mol. The molecule has 0 spiro atoms. The van der Waals surface area contributed by atoms with Gasteiger partial charge in [-0.3, -0.25) is 0 Å². The minimum Gasteiger partial charge on any atom is -0.473 e. The number of aromatic nitrogens is 4. The number of nitrogens with one attached hydrogen (secondary N) is 1. The van der Waals surface area contributed by atoms with Gasteiger partial charge in [0.15, 0.2) is 11.4 Å². The Morgan fingerprint density at radius 3 is 2.87 bits per heavy atom. The number of ether oxygens (including phenoxy) is 2. The number of hydrogen-bond donors (Lipinski definition) is 2. The largest absolute Gasteiger partial charge is 0.473 e. The van der Waals surface area contributed by atoms with Gasteiger partial charge in [-0.05, 0) is 51.8 Å². The number of hydrogen-bond acceptors (Lipinski definition) is 9. The lowest BCUT2D eigenvalue weighted by molar-refractivity contribution is 0.0352. The zero-order chi connectivity index (χ0) is 26.4. The Morgan fingerprint density at radius 1 is 1.24 bits per heavy atom. The number of alkyl carbamates (subject to hydrolysis) is 1. The first-order valence-corrected chi connectivity index (χ1v) is 13.0. The van der Waals surface area contributed by atoms with Gasteiger partial charge in [0.1, 0.15) is 28.8 Å². The number of carbonyl (C=O) groups excluding carboxylic acids is 1. The van der Waals surface area contributed by atoms with E-state index in [0.717, 1.165) is 30.6 Å². The summed E-state index contributed by atoms with van der Waals surface area (Å²) < 4.78 is 19.3. The minimum atomic E-state index is -0.528. The third kappa shape index (κ3) is 4.73. The molecule has 2 aliphatic rings. The summed E-state index contributed by atoms with van der Waals surface area (Å²) in [6.45, 7) is 6.47. The maximum absolute atomic E-state index is 12.0. The number of fused-ring (bicyclic) bond motifs is 2. The molecule has 1 amide bonds. The average Bonchev–Trinajstić information content (AvgIpc) is 3.58. The smallest absolute Gasteiger partial charge is 0.407 e. The van der Waals surface area contributed by atoms with Crippen molar-refractivity contribution < 1.29 is 23.8 Å². The third-order valence-electron chi connectivity index (χ3n) is 6.98. The molecule has 4 aromatic rings. The highest BCUT2D eigenvalue weighted by molar-refractivity contribution is 5.92. The number of pyridine rings is 1. The highest BCUT2D eigenvalue weighted by Crippen LogP contribution is 2.35. The highest BCUT2D eigenvalue weighted by atomic mass is 16.6. The maximum atomic E-state index is 12.0. The second-order valence-electron chi connectivity index (χ2n) is 11.0. The normalized spacial score (nSPS) is 21.6. The van der Waals surface area contributed by atoms with Gasteiger partial charge in [0.25, 0.3) is 0 Å². The molecule has 1 aliphatic heterocycles. The van der Waals surface area contributed by atoms with Crippen molar-refractivity contribution in [1.82, 2.24) is 24.9 Å². The van der Waals surface area contributed by atoms with Gasteiger partial charge in [0.05, 0.1) is 24.2 Å². The van der Waals surface area contributed by atoms with Gasteiger partial charge >= 0.3 is 6.09 Å². The van der Waals surface area contributed by atoms with E-state index >= 15 is 0 Å². The molecule has 6 rings (SSSR count). The molecule has 1 atom stereocenters. The molecular weight excluding hydrogens is 488 g/mol. The van der Waals surface area contributed by atoms with Gasteiger partial charge in [0, 0.05) is 37.7 Å². The van der Waals surface area contributed by atoms with Crippen LogP contribution >= 0.6 is 0 Å². The van der Waals surface area contributed by atoms with E-state index < -0.39 is 11.7 Å². The standard InChI is InChI=1S/C27H32N6O5/c1-27(2,3)38-26(35)30-16-11-18(12-16)36-24-7-6-23-29-14-20(33(23)31-24)22-13-19-21(37-22)8-9-28-25(19)32-10-4-5-17(32)15-34/h6-9,13-14,16-18,34H,4-5,10-12,15H2,1-3H3,(H,30,35)/t16-,17-,18-/m1/s1. The van der Waals surface area contributed by atoms with Gasteiger partial charge in [-0.15, -0.1) is 5.10 Å². The van der Waals surface area contributed by atoms with Crippen LogP contribution in [0, 0.1) is 0 Å². The molecule has 0 radical (unpaired) electrons. The Bertz CT molecular complexity index is 1470. The van der Waals surface area contributed by atoms with Crippen LogP contribution in [0.1, 0.15) is 46.5 Å². The molecule has 200 valence electrons. The summed E-state index contributed by atoms with van der Waals surface area (Å²) in [6, 6.07) is 7.53. The van der Waals surface area contributed by atoms with Crippen LogP contribution in [0.3, 0.4) is 0 Å². The van der Waals surface area contributed by atoms with Crippen LogP contribution in [0.25, 0.3) is 28.1 Å². The fourth-order valence-electron chi connectivity index (χ4n) is 5.12. The second-order valence-corrected chi connectivity index (χ2v) is 11.0. The Balaban J connectivity index is 1.19. The number of rotatable bonds is 6. The fraction of sp³-hybridized carbons (Fsp3) is 0.481. The predicted octanol–water partition coefficient (Wildman–Crippen LogP) is 3.93. The first kappa shape index (κ1) is 24.5. The van der Waals surface area contributed by atoms with E-state index in [0.29, 0.717) is 41.4 Å². The molecule has 38 heavy (non-hydrogen) atoms. The number of amides is 1. The van der Waals surface area contributed by atoms with Gasteiger partial charge < -0.3 is 29.2 Å². The van der Waals surface area contributed by atoms with E-state index in [9.17, 15) is 9.90 Å². The molecule has 0 aromatic carbocycles. The van der Waals surface area contributed by atoms with Gasteiger partial charge in [-0.25, -0.2) is 19.3 Å². The van der Waals surface area contributed by atoms with Crippen molar-refractivity contribution in [2.45, 2.75) is 70.2 Å². The lowest BCUT2D eigenvalue weighted by atomic mass is 9.89. The highest BCUT2D eigenvalue weighted by Gasteiger charge is 2.34. The summed E-state index contributed by atoms with van der Waals surface area (Å²) in [5.41, 5.74) is 1.56. The van der Waals surface area contributed by atoms with Crippen LogP contribution in [0.2, 0.25) is 0 Å². The monoisotopic (exact) mass is 520 g/mol. The van der Waals surface area contributed by atoms with Gasteiger partial charge in [0.2, 0.25) is 5.88 Å². The molecule has 4 aromatic heterocycles. The fourth-order valence-corrected chi connectivity index (χ4v) is 5.12. The molecule has 5 heterocycles. The molecule has 1 aliphatic carbocycles. The van der Waals surface area contributed by atoms with Crippen molar-refractivity contribution in [2.24, 2.45) is 0 Å². The van der Waals surface area contributed by atoms with Gasteiger partial charge in [-0.2, -0.15) is 0 Å². The maximum Gasteiger partial charge on any atom is 0.407 e. The molecule has 11 nitrogen and oxygen atoms in total. The van der Waals surface area contributed by atoms with Crippen molar-refractivity contribution in [2.75, 3.05) is 18.1 Å². The molecule has 1 saturated carbocycles. The molecule has 0 bridgehead atoms. The van der Waals surface area contributed by atoms with Crippen LogP contribution in [0.4, 0.5) is 10.6 Å². The van der Waals surface area contributed by atoms with Crippen LogP contribution in [-0.2, 0) is 4.74 Å². The van der Waals surface area contributed by atoms with Crippen LogP contribution in [-0.4, -0.2) is 67.7 Å².